The molecule has 0 saturated heterocycles. The fourth-order valence-electron chi connectivity index (χ4n) is 1.73. The third kappa shape index (κ3) is 2.74. The summed E-state index contributed by atoms with van der Waals surface area (Å²) in [5, 5.41) is 14.1. The Morgan fingerprint density at radius 3 is 2.80 bits per heavy atom. The number of carbonyl (C=O) groups excluding carboxylic acids is 1. The number of amides is 1. The Morgan fingerprint density at radius 1 is 1.50 bits per heavy atom. The molecule has 0 aliphatic rings. The van der Waals surface area contributed by atoms with Crippen LogP contribution in [-0.4, -0.2) is 22.0 Å². The molecule has 0 fully saturated rings. The summed E-state index contributed by atoms with van der Waals surface area (Å²) in [5.74, 6) is -0.562. The van der Waals surface area contributed by atoms with E-state index in [1.54, 1.807) is 20.0 Å². The lowest BCUT2D eigenvalue weighted by atomic mass is 10.1. The maximum absolute atomic E-state index is 11.9. The average molecular weight is 276 g/mol. The van der Waals surface area contributed by atoms with Gasteiger partial charge in [-0.05, 0) is 25.5 Å². The molecule has 0 atom stereocenters. The van der Waals surface area contributed by atoms with Gasteiger partial charge in [-0.2, -0.15) is 5.10 Å². The zero-order chi connectivity index (χ0) is 14.7. The van der Waals surface area contributed by atoms with E-state index in [2.05, 4.69) is 15.5 Å². The molecule has 104 valence electrons. The number of aromatic amines is 1. The molecule has 2 aromatic rings. The van der Waals surface area contributed by atoms with Crippen molar-refractivity contribution in [2.75, 3.05) is 0 Å². The summed E-state index contributed by atoms with van der Waals surface area (Å²) in [7, 11) is 0. The summed E-state index contributed by atoms with van der Waals surface area (Å²) < 4.78 is 4.86. The van der Waals surface area contributed by atoms with Crippen LogP contribution in [0.2, 0.25) is 0 Å². The topological polar surface area (TPSA) is 114 Å². The molecule has 0 saturated carbocycles. The van der Waals surface area contributed by atoms with Gasteiger partial charge in [0.15, 0.2) is 5.76 Å². The minimum absolute atomic E-state index is 0.180. The van der Waals surface area contributed by atoms with Gasteiger partial charge in [-0.25, -0.2) is 5.43 Å². The highest BCUT2D eigenvalue weighted by molar-refractivity contribution is 5.97. The maximum atomic E-state index is 11.9. The van der Waals surface area contributed by atoms with Crippen molar-refractivity contribution < 1.29 is 14.1 Å². The van der Waals surface area contributed by atoms with E-state index in [1.165, 1.54) is 18.3 Å². The van der Waals surface area contributed by atoms with E-state index in [1.807, 2.05) is 0 Å². The van der Waals surface area contributed by atoms with Crippen molar-refractivity contribution in [3.63, 3.8) is 0 Å². The molecule has 20 heavy (non-hydrogen) atoms. The van der Waals surface area contributed by atoms with Crippen LogP contribution in [0.3, 0.4) is 0 Å². The Kier molecular flexibility index (Phi) is 3.65. The third-order valence-electron chi connectivity index (χ3n) is 2.65. The molecule has 0 spiro atoms. The van der Waals surface area contributed by atoms with E-state index in [-0.39, 0.29) is 17.6 Å². The third-order valence-corrected chi connectivity index (χ3v) is 2.65. The molecule has 0 aliphatic carbocycles. The minimum Gasteiger partial charge on any atom is -0.400 e. The summed E-state index contributed by atoms with van der Waals surface area (Å²) in [4.78, 5) is 24.6. The predicted octanol–water partition coefficient (Wildman–Crippen LogP) is 1.90. The monoisotopic (exact) mass is 276 g/mol. The second kappa shape index (κ2) is 5.39. The van der Waals surface area contributed by atoms with Crippen molar-refractivity contribution >= 4 is 18.0 Å². The number of carbonyl (C=O) groups is 1. The molecule has 0 aromatic carbocycles. The van der Waals surface area contributed by atoms with Gasteiger partial charge in [0.05, 0.1) is 17.8 Å². The highest BCUT2D eigenvalue weighted by Gasteiger charge is 2.13. The molecule has 2 heterocycles. The van der Waals surface area contributed by atoms with Crippen molar-refractivity contribution in [3.05, 3.63) is 51.0 Å². The molecule has 2 rings (SSSR count). The SMILES string of the molecule is Cc1c[nH]c(C)c1C(=O)N/N=C/c1ccc([N+](=O)[O-])o1. The summed E-state index contributed by atoms with van der Waals surface area (Å²) in [6.07, 6.45) is 2.92. The van der Waals surface area contributed by atoms with E-state index in [0.29, 0.717) is 5.56 Å². The lowest BCUT2D eigenvalue weighted by Crippen LogP contribution is -2.18. The minimum atomic E-state index is -0.650. The fraction of sp³-hybridized carbons (Fsp3) is 0.167. The number of aromatic nitrogens is 1. The lowest BCUT2D eigenvalue weighted by molar-refractivity contribution is -0.402. The molecule has 0 bridgehead atoms. The predicted molar refractivity (Wildman–Crippen MR) is 70.7 cm³/mol. The van der Waals surface area contributed by atoms with E-state index in [4.69, 9.17) is 4.42 Å². The number of nitrogens with one attached hydrogen (secondary N) is 2. The van der Waals surface area contributed by atoms with E-state index in [9.17, 15) is 14.9 Å². The van der Waals surface area contributed by atoms with Gasteiger partial charge < -0.3 is 9.40 Å². The molecular weight excluding hydrogens is 264 g/mol. The number of hydrogen-bond donors (Lipinski definition) is 2. The summed E-state index contributed by atoms with van der Waals surface area (Å²) in [6.45, 7) is 3.58. The van der Waals surface area contributed by atoms with Gasteiger partial charge in [-0.1, -0.05) is 0 Å². The van der Waals surface area contributed by atoms with Crippen LogP contribution in [0.4, 0.5) is 5.88 Å². The first-order valence-electron chi connectivity index (χ1n) is 5.71. The zero-order valence-electron chi connectivity index (χ0n) is 10.8. The van der Waals surface area contributed by atoms with Gasteiger partial charge in [0.25, 0.3) is 5.91 Å². The van der Waals surface area contributed by atoms with Gasteiger partial charge in [0.1, 0.15) is 4.92 Å². The average Bonchev–Trinajstić information content (AvgIpc) is 2.97. The Bertz CT molecular complexity index is 664. The quantitative estimate of drug-likeness (QED) is 0.504. The summed E-state index contributed by atoms with van der Waals surface area (Å²) >= 11 is 0. The second-order valence-electron chi connectivity index (χ2n) is 4.10. The van der Waals surface area contributed by atoms with Crippen molar-refractivity contribution in [1.82, 2.24) is 10.4 Å². The van der Waals surface area contributed by atoms with E-state index >= 15 is 0 Å². The number of aryl methyl sites for hydroxylation is 2. The van der Waals surface area contributed by atoms with E-state index < -0.39 is 4.92 Å². The van der Waals surface area contributed by atoms with Crippen LogP contribution >= 0.6 is 0 Å². The zero-order valence-corrected chi connectivity index (χ0v) is 10.8. The fourth-order valence-corrected chi connectivity index (χ4v) is 1.73. The van der Waals surface area contributed by atoms with Crippen LogP contribution in [-0.2, 0) is 0 Å². The number of H-pyrrole nitrogens is 1. The van der Waals surface area contributed by atoms with Gasteiger partial charge in [0, 0.05) is 11.9 Å². The number of furan rings is 1. The van der Waals surface area contributed by atoms with Crippen LogP contribution in [0.5, 0.6) is 0 Å². The van der Waals surface area contributed by atoms with Gasteiger partial charge in [-0.3, -0.25) is 14.9 Å². The highest BCUT2D eigenvalue weighted by Crippen LogP contribution is 2.14. The maximum Gasteiger partial charge on any atom is 0.433 e. The van der Waals surface area contributed by atoms with Gasteiger partial charge >= 0.3 is 5.88 Å². The Labute approximate surface area is 113 Å². The van der Waals surface area contributed by atoms with Gasteiger partial charge in [-0.15, -0.1) is 0 Å². The molecule has 2 aromatic heterocycles. The molecule has 8 nitrogen and oxygen atoms in total. The van der Waals surface area contributed by atoms with Crippen LogP contribution in [0.1, 0.15) is 27.4 Å². The second-order valence-corrected chi connectivity index (χ2v) is 4.10. The molecule has 8 heteroatoms. The molecule has 1 amide bonds. The number of hydrogen-bond acceptors (Lipinski definition) is 5. The highest BCUT2D eigenvalue weighted by atomic mass is 16.6. The number of nitro groups is 1. The first-order valence-corrected chi connectivity index (χ1v) is 5.71. The molecule has 0 unspecified atom stereocenters. The molecule has 0 radical (unpaired) electrons. The number of nitrogens with zero attached hydrogens (tertiary/aromatic N) is 2. The van der Waals surface area contributed by atoms with Crippen molar-refractivity contribution in [3.8, 4) is 0 Å². The largest absolute Gasteiger partial charge is 0.433 e. The number of hydrazone groups is 1. The van der Waals surface area contributed by atoms with Crippen molar-refractivity contribution in [2.45, 2.75) is 13.8 Å². The Balaban J connectivity index is 2.02. The summed E-state index contributed by atoms with van der Waals surface area (Å²) in [6, 6.07) is 2.60. The number of rotatable bonds is 4. The van der Waals surface area contributed by atoms with Crippen LogP contribution in [0, 0.1) is 24.0 Å². The standard InChI is InChI=1S/C12H12N4O4/c1-7-5-13-8(2)11(7)12(17)15-14-6-9-3-4-10(20-9)16(18)19/h3-6,13H,1-2H3,(H,15,17)/b14-6+. The van der Waals surface area contributed by atoms with Crippen molar-refractivity contribution in [2.24, 2.45) is 5.10 Å². The molecule has 2 N–H and O–H groups in total. The lowest BCUT2D eigenvalue weighted by Gasteiger charge is -1.99. The Hall–Kier alpha value is -2.90. The van der Waals surface area contributed by atoms with Crippen LogP contribution < -0.4 is 5.43 Å². The van der Waals surface area contributed by atoms with Crippen LogP contribution in [0.15, 0.2) is 27.8 Å². The molecule has 0 aliphatic heterocycles. The van der Waals surface area contributed by atoms with Gasteiger partial charge in [0.2, 0.25) is 0 Å². The summed E-state index contributed by atoms with van der Waals surface area (Å²) in [5.41, 5.74) is 4.40. The normalized spacial score (nSPS) is 10.9. The molecular formula is C12H12N4O4. The first kappa shape index (κ1) is 13.5. The smallest absolute Gasteiger partial charge is 0.400 e. The Morgan fingerprint density at radius 2 is 2.25 bits per heavy atom. The van der Waals surface area contributed by atoms with Crippen molar-refractivity contribution in [1.29, 1.82) is 0 Å². The van der Waals surface area contributed by atoms with Crippen LogP contribution in [0.25, 0.3) is 0 Å². The van der Waals surface area contributed by atoms with E-state index in [0.717, 1.165) is 11.3 Å². The first-order chi connectivity index (χ1) is 9.49.